The minimum absolute atomic E-state index is 0.281. The SMILES string of the molecule is CCc1cc(Nc2cc(=O)n(CCCCCC3CCc4c([nH]c5ccc(OC)cc45)N3)c(=O)[nH]2)ccc1C. The van der Waals surface area contributed by atoms with Crippen LogP contribution in [0.4, 0.5) is 17.3 Å². The molecule has 0 amide bonds. The van der Waals surface area contributed by atoms with Crippen LogP contribution >= 0.6 is 0 Å². The van der Waals surface area contributed by atoms with Gasteiger partial charge in [-0.25, -0.2) is 4.79 Å². The van der Waals surface area contributed by atoms with Crippen LogP contribution in [0.25, 0.3) is 10.9 Å². The van der Waals surface area contributed by atoms with Gasteiger partial charge in [-0.1, -0.05) is 25.8 Å². The van der Waals surface area contributed by atoms with Crippen molar-refractivity contribution in [3.05, 3.63) is 80.0 Å². The summed E-state index contributed by atoms with van der Waals surface area (Å²) >= 11 is 0. The highest BCUT2D eigenvalue weighted by Crippen LogP contribution is 2.34. The van der Waals surface area contributed by atoms with Crippen LogP contribution < -0.4 is 26.6 Å². The fourth-order valence-electron chi connectivity index (χ4n) is 5.47. The first-order chi connectivity index (χ1) is 18.4. The molecule has 1 aliphatic heterocycles. The zero-order valence-electron chi connectivity index (χ0n) is 22.4. The molecular formula is C30H37N5O3. The number of nitrogens with one attached hydrogen (secondary N) is 4. The molecule has 0 spiro atoms. The van der Waals surface area contributed by atoms with Gasteiger partial charge in [0.2, 0.25) is 0 Å². The number of benzene rings is 2. The number of aromatic nitrogens is 3. The van der Waals surface area contributed by atoms with Gasteiger partial charge < -0.3 is 20.4 Å². The lowest BCUT2D eigenvalue weighted by Gasteiger charge is -2.25. The van der Waals surface area contributed by atoms with E-state index >= 15 is 0 Å². The number of unbranched alkanes of at least 4 members (excludes halogenated alkanes) is 2. The van der Waals surface area contributed by atoms with Crippen LogP contribution in [0.5, 0.6) is 5.75 Å². The van der Waals surface area contributed by atoms with Crippen molar-refractivity contribution in [3.8, 4) is 5.75 Å². The first-order valence-corrected chi connectivity index (χ1v) is 13.6. The Hall–Kier alpha value is -3.94. The van der Waals surface area contributed by atoms with Crippen molar-refractivity contribution in [3.63, 3.8) is 0 Å². The fourth-order valence-corrected chi connectivity index (χ4v) is 5.47. The number of nitrogens with zero attached hydrogens (tertiary/aromatic N) is 1. The predicted molar refractivity (Wildman–Crippen MR) is 154 cm³/mol. The maximum atomic E-state index is 12.7. The summed E-state index contributed by atoms with van der Waals surface area (Å²) in [4.78, 5) is 31.6. The van der Waals surface area contributed by atoms with E-state index in [0.717, 1.165) is 67.7 Å². The second-order valence-corrected chi connectivity index (χ2v) is 10.2. The van der Waals surface area contributed by atoms with Crippen LogP contribution in [0.15, 0.2) is 52.1 Å². The van der Waals surface area contributed by atoms with Crippen LogP contribution in [0.2, 0.25) is 0 Å². The smallest absolute Gasteiger partial charge is 0.329 e. The molecule has 8 heteroatoms. The van der Waals surface area contributed by atoms with E-state index in [4.69, 9.17) is 4.74 Å². The second-order valence-electron chi connectivity index (χ2n) is 10.2. The summed E-state index contributed by atoms with van der Waals surface area (Å²) in [6.45, 7) is 4.61. The van der Waals surface area contributed by atoms with Gasteiger partial charge in [0.1, 0.15) is 17.4 Å². The molecule has 1 aliphatic rings. The standard InChI is InChI=1S/C30H37N5O3/c1-4-20-16-22(10-9-19(20)2)31-27-18-28(36)35(30(37)34-27)15-7-5-6-8-21-11-13-24-25-17-23(38-3)12-14-26(25)33-29(24)32-21/h9-10,12,14,16-18,21,31-33H,4-8,11,13,15H2,1-3H3,(H,34,37). The highest BCUT2D eigenvalue weighted by Gasteiger charge is 2.21. The summed E-state index contributed by atoms with van der Waals surface area (Å²) in [7, 11) is 1.70. The van der Waals surface area contributed by atoms with Crippen LogP contribution in [0.3, 0.4) is 0 Å². The van der Waals surface area contributed by atoms with Crippen molar-refractivity contribution in [1.82, 2.24) is 14.5 Å². The zero-order valence-corrected chi connectivity index (χ0v) is 22.4. The number of anilines is 3. The van der Waals surface area contributed by atoms with Gasteiger partial charge in [0.25, 0.3) is 5.56 Å². The number of methoxy groups -OCH3 is 1. The first kappa shape index (κ1) is 25.7. The number of H-pyrrole nitrogens is 2. The van der Waals surface area contributed by atoms with Crippen LogP contribution in [0, 0.1) is 6.92 Å². The summed E-state index contributed by atoms with van der Waals surface area (Å²) in [6.07, 6.45) is 6.90. The van der Waals surface area contributed by atoms with Gasteiger partial charge in [-0.2, -0.15) is 0 Å². The Kier molecular flexibility index (Phi) is 7.58. The molecule has 8 nitrogen and oxygen atoms in total. The van der Waals surface area contributed by atoms with Crippen molar-refractivity contribution in [2.24, 2.45) is 0 Å². The van der Waals surface area contributed by atoms with E-state index in [1.165, 1.54) is 32.7 Å². The molecule has 0 bridgehead atoms. The number of rotatable bonds is 10. The summed E-state index contributed by atoms with van der Waals surface area (Å²) < 4.78 is 6.68. The molecule has 0 aliphatic carbocycles. The fraction of sp³-hybridized carbons (Fsp3) is 0.400. The Morgan fingerprint density at radius 1 is 1.05 bits per heavy atom. The van der Waals surface area contributed by atoms with Gasteiger partial charge in [-0.15, -0.1) is 0 Å². The van der Waals surface area contributed by atoms with E-state index in [0.29, 0.717) is 18.4 Å². The molecule has 1 unspecified atom stereocenters. The summed E-state index contributed by atoms with van der Waals surface area (Å²) in [5.74, 6) is 2.41. The Morgan fingerprint density at radius 3 is 2.71 bits per heavy atom. The minimum atomic E-state index is -0.375. The number of hydrogen-bond acceptors (Lipinski definition) is 5. The molecule has 1 atom stereocenters. The third kappa shape index (κ3) is 5.49. The van der Waals surface area contributed by atoms with Crippen molar-refractivity contribution in [1.29, 1.82) is 0 Å². The van der Waals surface area contributed by atoms with E-state index in [9.17, 15) is 9.59 Å². The van der Waals surface area contributed by atoms with E-state index < -0.39 is 0 Å². The van der Waals surface area contributed by atoms with E-state index in [1.807, 2.05) is 18.2 Å². The molecular weight excluding hydrogens is 478 g/mol. The third-order valence-corrected chi connectivity index (χ3v) is 7.67. The molecule has 2 aromatic heterocycles. The lowest BCUT2D eigenvalue weighted by atomic mass is 9.96. The van der Waals surface area contributed by atoms with E-state index in [1.54, 1.807) is 7.11 Å². The number of hydrogen-bond donors (Lipinski definition) is 4. The van der Waals surface area contributed by atoms with Crippen LogP contribution in [0.1, 0.15) is 55.7 Å². The first-order valence-electron chi connectivity index (χ1n) is 13.6. The molecule has 4 aromatic rings. The van der Waals surface area contributed by atoms with Gasteiger partial charge in [-0.3, -0.25) is 14.3 Å². The maximum absolute atomic E-state index is 12.7. The Morgan fingerprint density at radius 2 is 1.92 bits per heavy atom. The Balaban J connectivity index is 1.11. The predicted octanol–water partition coefficient (Wildman–Crippen LogP) is 5.63. The van der Waals surface area contributed by atoms with Crippen molar-refractivity contribution < 1.29 is 4.74 Å². The molecule has 200 valence electrons. The van der Waals surface area contributed by atoms with Gasteiger partial charge in [0.15, 0.2) is 0 Å². The maximum Gasteiger partial charge on any atom is 0.329 e. The van der Waals surface area contributed by atoms with Crippen molar-refractivity contribution in [2.45, 2.75) is 71.4 Å². The highest BCUT2D eigenvalue weighted by molar-refractivity contribution is 5.90. The van der Waals surface area contributed by atoms with Crippen LogP contribution in [-0.4, -0.2) is 27.7 Å². The highest BCUT2D eigenvalue weighted by atomic mass is 16.5. The Labute approximate surface area is 222 Å². The van der Waals surface area contributed by atoms with Crippen LogP contribution in [-0.2, 0) is 19.4 Å². The molecule has 0 saturated carbocycles. The third-order valence-electron chi connectivity index (χ3n) is 7.67. The van der Waals surface area contributed by atoms with Gasteiger partial charge >= 0.3 is 5.69 Å². The average molecular weight is 516 g/mol. The van der Waals surface area contributed by atoms with Crippen molar-refractivity contribution in [2.75, 3.05) is 17.7 Å². The zero-order chi connectivity index (χ0) is 26.6. The quantitative estimate of drug-likeness (QED) is 0.205. The van der Waals surface area contributed by atoms with E-state index in [2.05, 4.69) is 52.6 Å². The van der Waals surface area contributed by atoms with Crippen molar-refractivity contribution >= 4 is 28.2 Å². The topological polar surface area (TPSA) is 104 Å². The second kappa shape index (κ2) is 11.2. The monoisotopic (exact) mass is 515 g/mol. The number of fused-ring (bicyclic) bond motifs is 3. The molecule has 0 radical (unpaired) electrons. The molecule has 38 heavy (non-hydrogen) atoms. The lowest BCUT2D eigenvalue weighted by molar-refractivity contribution is 0.415. The molecule has 0 saturated heterocycles. The average Bonchev–Trinajstić information content (AvgIpc) is 3.27. The van der Waals surface area contributed by atoms with Gasteiger partial charge in [0.05, 0.1) is 7.11 Å². The Bertz CT molecular complexity index is 1520. The lowest BCUT2D eigenvalue weighted by Crippen LogP contribution is -2.35. The molecule has 2 aromatic carbocycles. The largest absolute Gasteiger partial charge is 0.497 e. The molecule has 0 fully saturated rings. The summed E-state index contributed by atoms with van der Waals surface area (Å²) in [5, 5.41) is 8.07. The number of aryl methyl sites for hydroxylation is 3. The van der Waals surface area contributed by atoms with E-state index in [-0.39, 0.29) is 11.2 Å². The summed E-state index contributed by atoms with van der Waals surface area (Å²) in [5.41, 5.74) is 5.12. The molecule has 5 rings (SSSR count). The normalized spacial score (nSPS) is 14.8. The van der Waals surface area contributed by atoms with Gasteiger partial charge in [-0.05, 0) is 80.5 Å². The minimum Gasteiger partial charge on any atom is -0.497 e. The van der Waals surface area contributed by atoms with Gasteiger partial charge in [0, 0.05) is 40.8 Å². The number of aromatic amines is 2. The number of ether oxygens (including phenoxy) is 1. The molecule has 3 heterocycles. The molecule has 4 N–H and O–H groups in total. The summed E-state index contributed by atoms with van der Waals surface area (Å²) in [6, 6.07) is 14.1.